The first kappa shape index (κ1) is 21.0. The first-order chi connectivity index (χ1) is 10.7. The summed E-state index contributed by atoms with van der Waals surface area (Å²) in [6, 6.07) is 0.547. The number of rotatable bonds is 6. The van der Waals surface area contributed by atoms with E-state index in [1.165, 1.54) is 30.7 Å². The van der Waals surface area contributed by atoms with E-state index in [9.17, 15) is 0 Å². The molecule has 1 saturated carbocycles. The molecule has 0 aliphatic heterocycles. The maximum atomic E-state index is 4.71. The Morgan fingerprint density at radius 3 is 2.91 bits per heavy atom. The van der Waals surface area contributed by atoms with Crippen molar-refractivity contribution in [1.82, 2.24) is 15.6 Å². The lowest BCUT2D eigenvalue weighted by molar-refractivity contribution is 0.419. The van der Waals surface area contributed by atoms with Gasteiger partial charge in [-0.15, -0.1) is 35.3 Å². The second kappa shape index (κ2) is 11.5. The molecular formula is C16H29IN4S2. The van der Waals surface area contributed by atoms with E-state index in [1.54, 1.807) is 11.3 Å². The van der Waals surface area contributed by atoms with Gasteiger partial charge in [-0.25, -0.2) is 9.98 Å². The molecule has 2 rings (SSSR count). The molecule has 1 aliphatic carbocycles. The summed E-state index contributed by atoms with van der Waals surface area (Å²) < 4.78 is 0. The lowest BCUT2D eigenvalue weighted by atomic mass is 9.95. The first-order valence-electron chi connectivity index (χ1n) is 8.26. The Kier molecular flexibility index (Phi) is 10.5. The molecular weight excluding hydrogens is 439 g/mol. The second-order valence-electron chi connectivity index (χ2n) is 5.65. The zero-order chi connectivity index (χ0) is 15.8. The van der Waals surface area contributed by atoms with Gasteiger partial charge in [-0.1, -0.05) is 13.3 Å². The van der Waals surface area contributed by atoms with Gasteiger partial charge in [0.1, 0.15) is 0 Å². The highest BCUT2D eigenvalue weighted by molar-refractivity contribution is 14.0. The van der Waals surface area contributed by atoms with Crippen LogP contribution in [-0.4, -0.2) is 35.0 Å². The number of thiazole rings is 1. The molecule has 1 heterocycles. The van der Waals surface area contributed by atoms with Crippen LogP contribution < -0.4 is 10.6 Å². The van der Waals surface area contributed by atoms with Crippen molar-refractivity contribution in [2.75, 3.05) is 12.8 Å². The van der Waals surface area contributed by atoms with Gasteiger partial charge in [0.2, 0.25) is 0 Å². The minimum Gasteiger partial charge on any atom is -0.357 e. The fourth-order valence-corrected chi connectivity index (χ4v) is 4.31. The Morgan fingerprint density at radius 1 is 1.43 bits per heavy atom. The fraction of sp³-hybridized carbons (Fsp3) is 0.750. The SMILES string of the molecule is CCNC(=NCc1csc(CC)n1)NC1CCCC(SC)C1.I. The Hall–Kier alpha value is -0.0200. The lowest BCUT2D eigenvalue weighted by Crippen LogP contribution is -2.45. The number of nitrogens with zero attached hydrogens (tertiary/aromatic N) is 2. The van der Waals surface area contributed by atoms with Gasteiger partial charge in [-0.3, -0.25) is 0 Å². The molecule has 132 valence electrons. The predicted molar refractivity (Wildman–Crippen MR) is 114 cm³/mol. The summed E-state index contributed by atoms with van der Waals surface area (Å²) >= 11 is 3.73. The van der Waals surface area contributed by atoms with Gasteiger partial charge in [-0.05, 0) is 38.9 Å². The van der Waals surface area contributed by atoms with Crippen LogP contribution in [0.2, 0.25) is 0 Å². The maximum Gasteiger partial charge on any atom is 0.191 e. The molecule has 2 atom stereocenters. The van der Waals surface area contributed by atoms with Crippen molar-refractivity contribution in [3.05, 3.63) is 16.1 Å². The van der Waals surface area contributed by atoms with Gasteiger partial charge >= 0.3 is 0 Å². The predicted octanol–water partition coefficient (Wildman–Crippen LogP) is 4.05. The molecule has 1 aromatic heterocycles. The largest absolute Gasteiger partial charge is 0.357 e. The average molecular weight is 468 g/mol. The molecule has 2 unspecified atom stereocenters. The van der Waals surface area contributed by atoms with E-state index in [2.05, 4.69) is 41.1 Å². The number of aromatic nitrogens is 1. The Labute approximate surface area is 165 Å². The van der Waals surface area contributed by atoms with Gasteiger partial charge in [0.15, 0.2) is 5.96 Å². The highest BCUT2D eigenvalue weighted by atomic mass is 127. The molecule has 0 amide bonds. The number of thioether (sulfide) groups is 1. The zero-order valence-corrected chi connectivity index (χ0v) is 18.3. The van der Waals surface area contributed by atoms with Crippen molar-refractivity contribution in [2.45, 2.75) is 63.8 Å². The topological polar surface area (TPSA) is 49.3 Å². The number of nitrogens with one attached hydrogen (secondary N) is 2. The van der Waals surface area contributed by atoms with E-state index >= 15 is 0 Å². The minimum absolute atomic E-state index is 0. The van der Waals surface area contributed by atoms with E-state index in [1.807, 2.05) is 11.8 Å². The molecule has 0 bridgehead atoms. The van der Waals surface area contributed by atoms with E-state index in [4.69, 9.17) is 4.99 Å². The van der Waals surface area contributed by atoms with Gasteiger partial charge in [0.25, 0.3) is 0 Å². The molecule has 4 nitrogen and oxygen atoms in total. The molecule has 23 heavy (non-hydrogen) atoms. The molecule has 1 aromatic rings. The highest BCUT2D eigenvalue weighted by Gasteiger charge is 2.21. The molecule has 0 saturated heterocycles. The first-order valence-corrected chi connectivity index (χ1v) is 10.4. The van der Waals surface area contributed by atoms with Gasteiger partial charge < -0.3 is 10.6 Å². The monoisotopic (exact) mass is 468 g/mol. The van der Waals surface area contributed by atoms with Crippen molar-refractivity contribution in [2.24, 2.45) is 4.99 Å². The van der Waals surface area contributed by atoms with E-state index < -0.39 is 0 Å². The number of halogens is 1. The lowest BCUT2D eigenvalue weighted by Gasteiger charge is -2.29. The number of hydrogen-bond donors (Lipinski definition) is 2. The summed E-state index contributed by atoms with van der Waals surface area (Å²) in [6.45, 7) is 5.80. The van der Waals surface area contributed by atoms with Gasteiger partial charge in [-0.2, -0.15) is 11.8 Å². The molecule has 7 heteroatoms. The summed E-state index contributed by atoms with van der Waals surface area (Å²) in [7, 11) is 0. The third-order valence-electron chi connectivity index (χ3n) is 3.95. The van der Waals surface area contributed by atoms with Crippen LogP contribution >= 0.6 is 47.1 Å². The van der Waals surface area contributed by atoms with Crippen LogP contribution in [0.5, 0.6) is 0 Å². The van der Waals surface area contributed by atoms with Crippen molar-refractivity contribution >= 4 is 53.0 Å². The number of guanidine groups is 1. The standard InChI is InChI=1S/C16H28N4S2.HI/c1-4-15-19-13(11-22-15)10-18-16(17-5-2)20-12-7-6-8-14(9-12)21-3;/h11-12,14H,4-10H2,1-3H3,(H2,17,18,20);1H. The molecule has 0 aromatic carbocycles. The van der Waals surface area contributed by atoms with Crippen LogP contribution in [-0.2, 0) is 13.0 Å². The van der Waals surface area contributed by atoms with E-state index in [0.29, 0.717) is 12.6 Å². The van der Waals surface area contributed by atoms with Crippen LogP contribution in [0, 0.1) is 0 Å². The third kappa shape index (κ3) is 7.17. The van der Waals surface area contributed by atoms with Gasteiger partial charge in [0.05, 0.1) is 17.2 Å². The van der Waals surface area contributed by atoms with Crippen LogP contribution in [0.15, 0.2) is 10.4 Å². The van der Waals surface area contributed by atoms with Crippen LogP contribution in [0.25, 0.3) is 0 Å². The highest BCUT2D eigenvalue weighted by Crippen LogP contribution is 2.26. The smallest absolute Gasteiger partial charge is 0.191 e. The Morgan fingerprint density at radius 2 is 2.26 bits per heavy atom. The van der Waals surface area contributed by atoms with Crippen molar-refractivity contribution < 1.29 is 0 Å². The van der Waals surface area contributed by atoms with Crippen molar-refractivity contribution in [1.29, 1.82) is 0 Å². The Bertz CT molecular complexity index is 478. The number of aliphatic imine (C=N–C) groups is 1. The van der Waals surface area contributed by atoms with Gasteiger partial charge in [0, 0.05) is 23.2 Å². The van der Waals surface area contributed by atoms with E-state index in [0.717, 1.165) is 29.9 Å². The molecule has 0 radical (unpaired) electrons. The third-order valence-corrected chi connectivity index (χ3v) is 6.08. The summed E-state index contributed by atoms with van der Waals surface area (Å²) in [4.78, 5) is 9.29. The van der Waals surface area contributed by atoms with Crippen LogP contribution in [0.1, 0.15) is 50.2 Å². The summed E-state index contributed by atoms with van der Waals surface area (Å²) in [5, 5.41) is 11.1. The molecule has 1 fully saturated rings. The normalized spacial score (nSPS) is 21.6. The van der Waals surface area contributed by atoms with E-state index in [-0.39, 0.29) is 24.0 Å². The minimum atomic E-state index is 0. The molecule has 1 aliphatic rings. The summed E-state index contributed by atoms with van der Waals surface area (Å²) in [6.07, 6.45) is 8.38. The molecule has 2 N–H and O–H groups in total. The fourth-order valence-electron chi connectivity index (χ4n) is 2.75. The van der Waals surface area contributed by atoms with Crippen LogP contribution in [0.3, 0.4) is 0 Å². The van der Waals surface area contributed by atoms with Crippen LogP contribution in [0.4, 0.5) is 0 Å². The average Bonchev–Trinajstić information content (AvgIpc) is 3.01. The quantitative estimate of drug-likeness (QED) is 0.376. The Balaban J connectivity index is 0.00000264. The number of hydrogen-bond acceptors (Lipinski definition) is 4. The molecule has 0 spiro atoms. The number of aryl methyl sites for hydroxylation is 1. The second-order valence-corrected chi connectivity index (χ2v) is 7.73. The summed E-state index contributed by atoms with van der Waals surface area (Å²) in [5.41, 5.74) is 1.07. The van der Waals surface area contributed by atoms with Crippen molar-refractivity contribution in [3.63, 3.8) is 0 Å². The summed E-state index contributed by atoms with van der Waals surface area (Å²) in [5.74, 6) is 0.931. The zero-order valence-electron chi connectivity index (χ0n) is 14.3. The van der Waals surface area contributed by atoms with Crippen molar-refractivity contribution in [3.8, 4) is 0 Å². The maximum absolute atomic E-state index is 4.71.